The van der Waals surface area contributed by atoms with Gasteiger partial charge in [0.2, 0.25) is 0 Å². The summed E-state index contributed by atoms with van der Waals surface area (Å²) in [5.74, 6) is 2.72. The van der Waals surface area contributed by atoms with Gasteiger partial charge in [0.05, 0.1) is 36.7 Å². The summed E-state index contributed by atoms with van der Waals surface area (Å²) < 4.78 is 117. The molecule has 0 saturated carbocycles. The number of aromatic nitrogens is 4. The number of halogens is 8. The molecule has 0 bridgehead atoms. The zero-order chi connectivity index (χ0) is 37.9. The second-order valence-electron chi connectivity index (χ2n) is 9.89. The minimum atomic E-state index is -4.89. The quantitative estimate of drug-likeness (QED) is 0.182. The van der Waals surface area contributed by atoms with E-state index in [0.717, 1.165) is 32.3 Å². The number of benzene rings is 2. The highest BCUT2D eigenvalue weighted by Gasteiger charge is 2.36. The number of terminal acetylenes is 1. The van der Waals surface area contributed by atoms with Gasteiger partial charge in [0.25, 0.3) is 11.1 Å². The molecule has 0 fully saturated rings. The molecule has 0 radical (unpaired) electrons. The van der Waals surface area contributed by atoms with Crippen molar-refractivity contribution in [2.24, 2.45) is 14.1 Å². The van der Waals surface area contributed by atoms with Gasteiger partial charge in [-0.25, -0.2) is 27.5 Å². The fraction of sp³-hybridized carbons (Fsp3) is 0.226. The molecule has 0 spiro atoms. The second-order valence-corrected chi connectivity index (χ2v) is 11.0. The molecule has 4 rings (SSSR count). The molecule has 0 amide bonds. The van der Waals surface area contributed by atoms with Gasteiger partial charge in [-0.05, 0) is 0 Å². The van der Waals surface area contributed by atoms with Gasteiger partial charge in [-0.15, -0.1) is 12.0 Å². The van der Waals surface area contributed by atoms with Crippen molar-refractivity contribution in [2.45, 2.75) is 18.9 Å². The Labute approximate surface area is 278 Å². The van der Waals surface area contributed by atoms with Crippen molar-refractivity contribution >= 4 is 9.52 Å². The standard InChI is InChI=1S/C16H14F4N2O3Si.C15H10F4N2O3/c1-21-13(16(18,19)20)8-14(23)22(15(21)24)11-7-10(17)9(4-5-26-3)6-12(11)25-2;1-4-8-5-11(24-3)10(6-9(8)16)21-13(22)7-12(15(17,18)19)20(2)14(21)23/h6-8H,26H2,1-3H3;1,5-7H,2-3H3. The lowest BCUT2D eigenvalue weighted by molar-refractivity contribution is -0.144. The lowest BCUT2D eigenvalue weighted by Crippen LogP contribution is -2.40. The van der Waals surface area contributed by atoms with Crippen molar-refractivity contribution < 1.29 is 44.6 Å². The van der Waals surface area contributed by atoms with Gasteiger partial charge >= 0.3 is 23.7 Å². The van der Waals surface area contributed by atoms with Crippen LogP contribution in [0.5, 0.6) is 11.5 Å². The maximum absolute atomic E-state index is 14.3. The van der Waals surface area contributed by atoms with E-state index in [1.165, 1.54) is 20.3 Å². The van der Waals surface area contributed by atoms with Crippen LogP contribution in [-0.2, 0) is 26.4 Å². The predicted octanol–water partition coefficient (Wildman–Crippen LogP) is 2.91. The van der Waals surface area contributed by atoms with Crippen LogP contribution in [0.15, 0.2) is 55.6 Å². The predicted molar refractivity (Wildman–Crippen MR) is 167 cm³/mol. The average molecular weight is 729 g/mol. The van der Waals surface area contributed by atoms with Crippen molar-refractivity contribution in [3.8, 4) is 46.7 Å². The molecule has 0 atom stereocenters. The van der Waals surface area contributed by atoms with Crippen LogP contribution < -0.4 is 32.0 Å². The first-order chi connectivity index (χ1) is 23.2. The lowest BCUT2D eigenvalue weighted by Gasteiger charge is -2.16. The van der Waals surface area contributed by atoms with Crippen LogP contribution >= 0.6 is 0 Å². The zero-order valence-corrected chi connectivity index (χ0v) is 27.9. The van der Waals surface area contributed by atoms with E-state index >= 15 is 0 Å². The largest absolute Gasteiger partial charge is 0.495 e. The van der Waals surface area contributed by atoms with E-state index in [9.17, 15) is 54.3 Å². The average Bonchev–Trinajstić information content (AvgIpc) is 3.03. The Balaban J connectivity index is 0.000000271. The van der Waals surface area contributed by atoms with E-state index in [-0.39, 0.29) is 55.3 Å². The van der Waals surface area contributed by atoms with Crippen LogP contribution in [-0.4, -0.2) is 42.0 Å². The fourth-order valence-corrected chi connectivity index (χ4v) is 4.76. The van der Waals surface area contributed by atoms with E-state index < -0.39 is 67.4 Å². The first-order valence-electron chi connectivity index (χ1n) is 13.7. The first kappa shape index (κ1) is 38.6. The summed E-state index contributed by atoms with van der Waals surface area (Å²) in [6, 6.07) is 4.38. The van der Waals surface area contributed by atoms with E-state index in [1.807, 2.05) is 12.5 Å². The van der Waals surface area contributed by atoms with E-state index in [0.29, 0.717) is 9.13 Å². The van der Waals surface area contributed by atoms with Crippen LogP contribution in [0.3, 0.4) is 0 Å². The highest BCUT2D eigenvalue weighted by atomic mass is 28.2. The molecule has 50 heavy (non-hydrogen) atoms. The monoisotopic (exact) mass is 728 g/mol. The molecule has 0 unspecified atom stereocenters. The van der Waals surface area contributed by atoms with Crippen LogP contribution in [0.1, 0.15) is 22.5 Å². The molecule has 0 N–H and O–H groups in total. The number of alkyl halides is 6. The Morgan fingerprint density at radius 3 is 1.40 bits per heavy atom. The van der Waals surface area contributed by atoms with Crippen LogP contribution in [0.25, 0.3) is 11.4 Å². The summed E-state index contributed by atoms with van der Waals surface area (Å²) in [6.07, 6.45) is -4.67. The summed E-state index contributed by atoms with van der Waals surface area (Å²) in [4.78, 5) is 48.7. The molecule has 2 aromatic carbocycles. The third-order valence-corrected chi connectivity index (χ3v) is 7.33. The molecule has 2 heterocycles. The maximum Gasteiger partial charge on any atom is 0.431 e. The minimum Gasteiger partial charge on any atom is -0.495 e. The first-order valence-corrected chi connectivity index (χ1v) is 15.9. The molecule has 0 aliphatic heterocycles. The minimum absolute atomic E-state index is 0.0109. The molecular formula is C31H24F8N4O6Si. The molecule has 19 heteroatoms. The molecule has 0 saturated heterocycles. The normalized spacial score (nSPS) is 11.4. The summed E-state index contributed by atoms with van der Waals surface area (Å²) in [7, 11) is 3.47. The van der Waals surface area contributed by atoms with Crippen molar-refractivity contribution in [2.75, 3.05) is 14.2 Å². The van der Waals surface area contributed by atoms with Gasteiger partial charge in [-0.2, -0.15) is 26.3 Å². The summed E-state index contributed by atoms with van der Waals surface area (Å²) in [5.41, 5.74) is -5.97. The number of rotatable bonds is 4. The van der Waals surface area contributed by atoms with Crippen LogP contribution in [0.4, 0.5) is 35.1 Å². The molecule has 4 aromatic rings. The van der Waals surface area contributed by atoms with Crippen molar-refractivity contribution in [1.29, 1.82) is 0 Å². The third kappa shape index (κ3) is 7.73. The van der Waals surface area contributed by atoms with Gasteiger partial charge in [-0.3, -0.25) is 18.7 Å². The van der Waals surface area contributed by atoms with Crippen LogP contribution in [0, 0.1) is 35.4 Å². The third-order valence-electron chi connectivity index (χ3n) is 6.80. The smallest absolute Gasteiger partial charge is 0.431 e. The number of methoxy groups -OCH3 is 2. The molecule has 2 aromatic heterocycles. The van der Waals surface area contributed by atoms with Gasteiger partial charge in [0, 0.05) is 50.5 Å². The Bertz CT molecular complexity index is 2320. The van der Waals surface area contributed by atoms with Gasteiger partial charge < -0.3 is 9.47 Å². The second kappa shape index (κ2) is 14.7. The lowest BCUT2D eigenvalue weighted by atomic mass is 10.1. The number of hydrogen-bond donors (Lipinski definition) is 0. The SMILES string of the molecule is C#Cc1cc(OC)c(-n2c(=O)cc(C(F)(F)F)n(C)c2=O)cc1F.COc1cc(C#C[SiH2]C)c(F)cc1-n1c(=O)cc(C(F)(F)F)n(C)c1=O. The molecule has 0 aliphatic rings. The number of nitrogens with zero attached hydrogens (tertiary/aromatic N) is 4. The van der Waals surface area contributed by atoms with Crippen molar-refractivity contribution in [3.63, 3.8) is 0 Å². The summed E-state index contributed by atoms with van der Waals surface area (Å²) in [6.45, 7) is 1.90. The molecule has 10 nitrogen and oxygen atoms in total. The Morgan fingerprint density at radius 2 is 1.06 bits per heavy atom. The number of ether oxygens (including phenoxy) is 2. The Kier molecular flexibility index (Phi) is 11.4. The molecular weight excluding hydrogens is 704 g/mol. The van der Waals surface area contributed by atoms with Gasteiger partial charge in [0.1, 0.15) is 44.0 Å². The fourth-order valence-electron chi connectivity index (χ4n) is 4.39. The summed E-state index contributed by atoms with van der Waals surface area (Å²) >= 11 is 0. The highest BCUT2D eigenvalue weighted by molar-refractivity contribution is 6.44. The summed E-state index contributed by atoms with van der Waals surface area (Å²) in [5, 5.41) is 0. The van der Waals surface area contributed by atoms with Crippen molar-refractivity contribution in [1.82, 2.24) is 18.3 Å². The highest BCUT2D eigenvalue weighted by Crippen LogP contribution is 2.30. The van der Waals surface area contributed by atoms with Gasteiger partial charge in [0.15, 0.2) is 0 Å². The van der Waals surface area contributed by atoms with E-state index in [2.05, 4.69) is 11.5 Å². The van der Waals surface area contributed by atoms with Gasteiger partial charge in [-0.1, -0.05) is 18.4 Å². The zero-order valence-electron chi connectivity index (χ0n) is 26.5. The Hall–Kier alpha value is -5.82. The number of hydrogen-bond acceptors (Lipinski definition) is 6. The maximum atomic E-state index is 14.3. The molecule has 0 aliphatic carbocycles. The van der Waals surface area contributed by atoms with Crippen molar-refractivity contribution in [3.05, 3.63) is 112 Å². The topological polar surface area (TPSA) is 106 Å². The van der Waals surface area contributed by atoms with E-state index in [4.69, 9.17) is 15.9 Å². The Morgan fingerprint density at radius 1 is 0.680 bits per heavy atom. The van der Waals surface area contributed by atoms with Crippen LogP contribution in [0.2, 0.25) is 6.55 Å². The van der Waals surface area contributed by atoms with E-state index in [1.54, 1.807) is 0 Å². The molecule has 264 valence electrons.